The summed E-state index contributed by atoms with van der Waals surface area (Å²) in [5, 5.41) is 3.99. The molecule has 0 bridgehead atoms. The van der Waals surface area contributed by atoms with Gasteiger partial charge in [0.15, 0.2) is 11.5 Å². The van der Waals surface area contributed by atoms with Crippen molar-refractivity contribution >= 4 is 27.8 Å². The van der Waals surface area contributed by atoms with E-state index in [4.69, 9.17) is 14.2 Å². The number of anilines is 1. The number of nitrogens with one attached hydrogen (secondary N) is 1. The number of carbonyl (C=O) groups is 1. The van der Waals surface area contributed by atoms with Crippen molar-refractivity contribution in [3.8, 4) is 17.2 Å². The fourth-order valence-electron chi connectivity index (χ4n) is 3.46. The van der Waals surface area contributed by atoms with Crippen molar-refractivity contribution in [3.05, 3.63) is 77.9 Å². The van der Waals surface area contributed by atoms with Crippen molar-refractivity contribution in [1.82, 2.24) is 5.43 Å². The number of ether oxygens (including phenoxy) is 3. The Hall–Kier alpha value is -4.05. The van der Waals surface area contributed by atoms with Crippen LogP contribution in [0.1, 0.15) is 30.9 Å². The third kappa shape index (κ3) is 7.48. The monoisotopic (exact) mass is 539 g/mol. The molecule has 3 rings (SSSR count). The predicted octanol–water partition coefficient (Wildman–Crippen LogP) is 4.54. The number of carbonyl (C=O) groups excluding carboxylic acids is 1. The zero-order valence-electron chi connectivity index (χ0n) is 22.0. The molecule has 10 heteroatoms. The molecule has 38 heavy (non-hydrogen) atoms. The van der Waals surface area contributed by atoms with Crippen LogP contribution in [0, 0.1) is 6.92 Å². The molecule has 0 fully saturated rings. The summed E-state index contributed by atoms with van der Waals surface area (Å²) in [6, 6.07) is 18.3. The number of hydrogen-bond donors (Lipinski definition) is 1. The Labute approximate surface area is 224 Å². The van der Waals surface area contributed by atoms with E-state index in [-0.39, 0.29) is 10.6 Å². The van der Waals surface area contributed by atoms with Gasteiger partial charge in [-0.15, -0.1) is 0 Å². The van der Waals surface area contributed by atoms with E-state index in [9.17, 15) is 13.2 Å². The molecule has 0 aromatic heterocycles. The highest BCUT2D eigenvalue weighted by Gasteiger charge is 2.28. The van der Waals surface area contributed by atoms with Gasteiger partial charge in [0.05, 0.1) is 37.6 Å². The fraction of sp³-hybridized carbons (Fsp3) is 0.286. The SMILES string of the molecule is CCCCOc1ccc(/C=N\NC(=O)CN(c2ccc(OC)c(OC)c2)S(=O)(=O)c2ccc(C)cc2)cc1. The number of hydrogen-bond acceptors (Lipinski definition) is 7. The number of benzene rings is 3. The second-order valence-corrected chi connectivity index (χ2v) is 10.3. The molecule has 0 spiro atoms. The van der Waals surface area contributed by atoms with Crippen LogP contribution in [0.4, 0.5) is 5.69 Å². The Morgan fingerprint density at radius 2 is 1.66 bits per heavy atom. The minimum Gasteiger partial charge on any atom is -0.494 e. The van der Waals surface area contributed by atoms with E-state index < -0.39 is 22.5 Å². The Morgan fingerprint density at radius 3 is 2.29 bits per heavy atom. The van der Waals surface area contributed by atoms with Crippen molar-refractivity contribution in [1.29, 1.82) is 0 Å². The van der Waals surface area contributed by atoms with Crippen molar-refractivity contribution in [2.24, 2.45) is 5.10 Å². The first-order valence-corrected chi connectivity index (χ1v) is 13.6. The molecular formula is C28H33N3O6S. The lowest BCUT2D eigenvalue weighted by molar-refractivity contribution is -0.119. The molecule has 0 aliphatic carbocycles. The molecule has 3 aromatic rings. The largest absolute Gasteiger partial charge is 0.494 e. The van der Waals surface area contributed by atoms with Gasteiger partial charge in [0.2, 0.25) is 0 Å². The van der Waals surface area contributed by atoms with Gasteiger partial charge in [-0.05, 0) is 67.4 Å². The Morgan fingerprint density at radius 1 is 0.974 bits per heavy atom. The molecule has 0 aliphatic heterocycles. The summed E-state index contributed by atoms with van der Waals surface area (Å²) >= 11 is 0. The lowest BCUT2D eigenvalue weighted by Gasteiger charge is -2.24. The standard InChI is InChI=1S/C28H33N3O6S/c1-5-6-17-37-24-12-9-22(10-13-24)19-29-30-28(32)20-31(23-11-16-26(35-3)27(18-23)36-4)38(33,34)25-14-7-21(2)8-15-25/h7-16,18-19H,5-6,17,20H2,1-4H3,(H,30,32)/b29-19-. The van der Waals surface area contributed by atoms with Crippen LogP contribution in [0.15, 0.2) is 76.7 Å². The van der Waals surface area contributed by atoms with Gasteiger partial charge in [-0.3, -0.25) is 9.10 Å². The molecule has 0 atom stereocenters. The van der Waals surface area contributed by atoms with Crippen molar-refractivity contribution in [2.75, 3.05) is 31.7 Å². The average Bonchev–Trinajstić information content (AvgIpc) is 2.92. The smallest absolute Gasteiger partial charge is 0.264 e. The highest BCUT2D eigenvalue weighted by Crippen LogP contribution is 2.33. The molecule has 0 saturated carbocycles. The Bertz CT molecular complexity index is 1340. The maximum absolute atomic E-state index is 13.6. The third-order valence-electron chi connectivity index (χ3n) is 5.60. The summed E-state index contributed by atoms with van der Waals surface area (Å²) in [5.74, 6) is 0.896. The summed E-state index contributed by atoms with van der Waals surface area (Å²) in [6.07, 6.45) is 3.51. The first kappa shape index (κ1) is 28.5. The van der Waals surface area contributed by atoms with Crippen molar-refractivity contribution in [2.45, 2.75) is 31.6 Å². The number of nitrogens with zero attached hydrogens (tertiary/aromatic N) is 2. The molecule has 0 heterocycles. The number of methoxy groups -OCH3 is 2. The number of hydrazone groups is 1. The maximum atomic E-state index is 13.6. The highest BCUT2D eigenvalue weighted by atomic mass is 32.2. The van der Waals surface area contributed by atoms with Crippen LogP contribution in [0.5, 0.6) is 17.2 Å². The van der Waals surface area contributed by atoms with Crippen molar-refractivity contribution < 1.29 is 27.4 Å². The van der Waals surface area contributed by atoms with Crippen LogP contribution in [0.2, 0.25) is 0 Å². The summed E-state index contributed by atoms with van der Waals surface area (Å²) in [5.41, 5.74) is 4.30. The van der Waals surface area contributed by atoms with Crippen LogP contribution in [0.25, 0.3) is 0 Å². The summed E-state index contributed by atoms with van der Waals surface area (Å²) in [4.78, 5) is 12.9. The molecule has 0 unspecified atom stereocenters. The van der Waals surface area contributed by atoms with Gasteiger partial charge in [0.25, 0.3) is 15.9 Å². The van der Waals surface area contributed by atoms with E-state index in [2.05, 4.69) is 17.5 Å². The number of amides is 1. The molecule has 0 radical (unpaired) electrons. The normalized spacial score (nSPS) is 11.3. The second kappa shape index (κ2) is 13.5. The Kier molecular flexibility index (Phi) is 10.1. The zero-order chi connectivity index (χ0) is 27.5. The van der Waals surface area contributed by atoms with Gasteiger partial charge in [-0.2, -0.15) is 5.10 Å². The van der Waals surface area contributed by atoms with Crippen LogP contribution in [-0.2, 0) is 14.8 Å². The maximum Gasteiger partial charge on any atom is 0.264 e. The summed E-state index contributed by atoms with van der Waals surface area (Å²) < 4.78 is 44.4. The third-order valence-corrected chi connectivity index (χ3v) is 7.39. The van der Waals surface area contributed by atoms with E-state index in [1.165, 1.54) is 38.6 Å². The van der Waals surface area contributed by atoms with Gasteiger partial charge < -0.3 is 14.2 Å². The second-order valence-electron chi connectivity index (χ2n) is 8.43. The van der Waals surface area contributed by atoms with Crippen LogP contribution in [-0.4, -0.2) is 47.9 Å². The quantitative estimate of drug-likeness (QED) is 0.194. The number of sulfonamides is 1. The van der Waals surface area contributed by atoms with E-state index in [1.54, 1.807) is 24.3 Å². The van der Waals surface area contributed by atoms with Crippen LogP contribution >= 0.6 is 0 Å². The number of unbranched alkanes of at least 4 members (excludes halogenated alkanes) is 1. The number of aryl methyl sites for hydroxylation is 1. The highest BCUT2D eigenvalue weighted by molar-refractivity contribution is 7.92. The van der Waals surface area contributed by atoms with Crippen LogP contribution in [0.3, 0.4) is 0 Å². The lowest BCUT2D eigenvalue weighted by atomic mass is 10.2. The topological polar surface area (TPSA) is 107 Å². The fourth-order valence-corrected chi connectivity index (χ4v) is 4.87. The molecule has 0 aliphatic rings. The summed E-state index contributed by atoms with van der Waals surface area (Å²) in [7, 11) is -1.16. The summed E-state index contributed by atoms with van der Waals surface area (Å²) in [6.45, 7) is 4.11. The molecule has 3 aromatic carbocycles. The minimum atomic E-state index is -4.09. The van der Waals surface area contributed by atoms with E-state index in [0.29, 0.717) is 18.1 Å². The van der Waals surface area contributed by atoms with E-state index >= 15 is 0 Å². The van der Waals surface area contributed by atoms with Gasteiger partial charge >= 0.3 is 0 Å². The van der Waals surface area contributed by atoms with Gasteiger partial charge in [0, 0.05) is 6.07 Å². The molecule has 9 nitrogen and oxygen atoms in total. The molecule has 1 amide bonds. The van der Waals surface area contributed by atoms with Crippen molar-refractivity contribution in [3.63, 3.8) is 0 Å². The zero-order valence-corrected chi connectivity index (χ0v) is 22.8. The molecular weight excluding hydrogens is 506 g/mol. The van der Waals surface area contributed by atoms with Gasteiger partial charge in [0.1, 0.15) is 12.3 Å². The minimum absolute atomic E-state index is 0.0513. The van der Waals surface area contributed by atoms with Gasteiger partial charge in [-0.25, -0.2) is 13.8 Å². The number of rotatable bonds is 13. The molecule has 1 N–H and O–H groups in total. The lowest BCUT2D eigenvalue weighted by Crippen LogP contribution is -2.39. The van der Waals surface area contributed by atoms with E-state index in [1.807, 2.05) is 31.2 Å². The first-order chi connectivity index (χ1) is 18.3. The Balaban J connectivity index is 1.79. The first-order valence-electron chi connectivity index (χ1n) is 12.1. The van der Waals surface area contributed by atoms with Crippen LogP contribution < -0.4 is 23.9 Å². The average molecular weight is 540 g/mol. The predicted molar refractivity (Wildman–Crippen MR) is 148 cm³/mol. The molecule has 0 saturated heterocycles. The van der Waals surface area contributed by atoms with E-state index in [0.717, 1.165) is 34.0 Å². The van der Waals surface area contributed by atoms with Gasteiger partial charge in [-0.1, -0.05) is 31.0 Å². The molecule has 202 valence electrons.